The molecule has 0 saturated carbocycles. The molecule has 0 aliphatic carbocycles. The zero-order chi connectivity index (χ0) is 23.3. The molecule has 0 unspecified atom stereocenters. The van der Waals surface area contributed by atoms with Crippen LogP contribution >= 0.6 is 23.1 Å². The number of likely N-dealkylation sites (tertiary alicyclic amines) is 1. The van der Waals surface area contributed by atoms with Gasteiger partial charge in [-0.1, -0.05) is 6.07 Å². The molecule has 1 aliphatic rings. The third-order valence-corrected chi connectivity index (χ3v) is 8.86. The van der Waals surface area contributed by atoms with E-state index in [2.05, 4.69) is 27.4 Å². The van der Waals surface area contributed by atoms with Gasteiger partial charge in [0.1, 0.15) is 11.6 Å². The highest BCUT2D eigenvalue weighted by Gasteiger charge is 2.34. The van der Waals surface area contributed by atoms with Gasteiger partial charge in [-0.15, -0.1) is 23.1 Å². The van der Waals surface area contributed by atoms with Crippen LogP contribution in [0, 0.1) is 11.2 Å². The molecule has 1 fully saturated rings. The summed E-state index contributed by atoms with van der Waals surface area (Å²) in [4.78, 5) is 6.59. The van der Waals surface area contributed by atoms with Crippen LogP contribution in [0.3, 0.4) is 0 Å². The van der Waals surface area contributed by atoms with Gasteiger partial charge in [-0.3, -0.25) is 4.98 Å². The molecule has 178 valence electrons. The zero-order valence-corrected chi connectivity index (χ0v) is 20.5. The van der Waals surface area contributed by atoms with Crippen molar-refractivity contribution in [1.82, 2.24) is 9.88 Å². The minimum Gasteiger partial charge on any atom is -0.497 e. The van der Waals surface area contributed by atoms with Crippen LogP contribution in [0.5, 0.6) is 5.75 Å². The number of nitrogens with zero attached hydrogens (tertiary/aromatic N) is 2. The van der Waals surface area contributed by atoms with Crippen molar-refractivity contribution in [3.05, 3.63) is 53.3 Å². The summed E-state index contributed by atoms with van der Waals surface area (Å²) >= 11 is 3.66. The van der Waals surface area contributed by atoms with Crippen LogP contribution in [0.1, 0.15) is 37.4 Å². The fourth-order valence-corrected chi connectivity index (χ4v) is 6.44. The summed E-state index contributed by atoms with van der Waals surface area (Å²) in [5.41, 5.74) is 0.655. The fraction of sp³-hybridized carbons (Fsp3) is 0.480. The SMILES string of the molecule is COc1ccc2ncc(F)c([C@H](O)CCC3(CO)CCN(CCSc4cccs4)CC3)c2c1. The number of hydrogen-bond acceptors (Lipinski definition) is 7. The summed E-state index contributed by atoms with van der Waals surface area (Å²) in [5, 5.41) is 23.8. The van der Waals surface area contributed by atoms with E-state index in [1.54, 1.807) is 36.6 Å². The Morgan fingerprint density at radius 3 is 2.82 bits per heavy atom. The lowest BCUT2D eigenvalue weighted by atomic mass is 9.74. The maximum absolute atomic E-state index is 14.7. The van der Waals surface area contributed by atoms with E-state index >= 15 is 0 Å². The Labute approximate surface area is 202 Å². The standard InChI is InChI=1S/C25H31FN2O3S2/c1-31-18-4-5-21-19(15-18)24(20(26)16-27-21)22(30)6-7-25(17-29)8-10-28(11-9-25)12-14-33-23-3-2-13-32-23/h2-5,13,15-16,22,29-30H,6-12,14,17H2,1H3/t22-/m1/s1. The maximum Gasteiger partial charge on any atom is 0.147 e. The van der Waals surface area contributed by atoms with Crippen LogP contribution in [-0.2, 0) is 0 Å². The number of aliphatic hydroxyl groups is 2. The number of thioether (sulfide) groups is 1. The average Bonchev–Trinajstić information content (AvgIpc) is 3.36. The van der Waals surface area contributed by atoms with Gasteiger partial charge in [0.25, 0.3) is 0 Å². The van der Waals surface area contributed by atoms with Crippen LogP contribution in [0.25, 0.3) is 10.9 Å². The molecule has 2 aromatic heterocycles. The van der Waals surface area contributed by atoms with Crippen molar-refractivity contribution in [2.75, 3.05) is 39.1 Å². The van der Waals surface area contributed by atoms with Gasteiger partial charge in [0, 0.05) is 29.9 Å². The molecule has 0 amide bonds. The monoisotopic (exact) mass is 490 g/mol. The van der Waals surface area contributed by atoms with E-state index in [0.717, 1.165) is 38.2 Å². The smallest absolute Gasteiger partial charge is 0.147 e. The predicted molar refractivity (Wildman–Crippen MR) is 133 cm³/mol. The van der Waals surface area contributed by atoms with E-state index in [0.29, 0.717) is 29.5 Å². The van der Waals surface area contributed by atoms with E-state index < -0.39 is 11.9 Å². The highest BCUT2D eigenvalue weighted by Crippen LogP contribution is 2.39. The number of thiophene rings is 1. The molecule has 1 saturated heterocycles. The Balaban J connectivity index is 1.35. The quantitative estimate of drug-likeness (QED) is 0.385. The zero-order valence-electron chi connectivity index (χ0n) is 18.9. The highest BCUT2D eigenvalue weighted by molar-refractivity contribution is 8.01. The number of rotatable bonds is 10. The van der Waals surface area contributed by atoms with Gasteiger partial charge >= 0.3 is 0 Å². The predicted octanol–water partition coefficient (Wildman–Crippen LogP) is 5.12. The van der Waals surface area contributed by atoms with Crippen molar-refractivity contribution in [2.24, 2.45) is 5.41 Å². The summed E-state index contributed by atoms with van der Waals surface area (Å²) < 4.78 is 21.3. The van der Waals surface area contributed by atoms with Crippen molar-refractivity contribution in [3.8, 4) is 5.75 Å². The van der Waals surface area contributed by atoms with Gasteiger partial charge in [-0.25, -0.2) is 4.39 Å². The number of ether oxygens (including phenoxy) is 1. The molecule has 0 bridgehead atoms. The number of aromatic nitrogens is 1. The van der Waals surface area contributed by atoms with Crippen molar-refractivity contribution < 1.29 is 19.3 Å². The molecule has 1 atom stereocenters. The molecule has 3 heterocycles. The van der Waals surface area contributed by atoms with Crippen molar-refractivity contribution in [2.45, 2.75) is 36.0 Å². The van der Waals surface area contributed by atoms with Crippen molar-refractivity contribution in [3.63, 3.8) is 0 Å². The van der Waals surface area contributed by atoms with E-state index in [9.17, 15) is 14.6 Å². The molecule has 8 heteroatoms. The van der Waals surface area contributed by atoms with Gasteiger partial charge in [0.05, 0.1) is 29.1 Å². The fourth-order valence-electron chi connectivity index (χ4n) is 4.58. The van der Waals surface area contributed by atoms with Crippen LogP contribution in [0.15, 0.2) is 46.1 Å². The van der Waals surface area contributed by atoms with Gasteiger partial charge < -0.3 is 19.8 Å². The first kappa shape index (κ1) is 24.4. The van der Waals surface area contributed by atoms with Gasteiger partial charge in [-0.05, 0) is 73.8 Å². The third-order valence-electron chi connectivity index (χ3n) is 6.75. The second kappa shape index (κ2) is 11.1. The van der Waals surface area contributed by atoms with E-state index in [1.807, 2.05) is 11.8 Å². The minimum absolute atomic E-state index is 0.0882. The lowest BCUT2D eigenvalue weighted by Gasteiger charge is -2.41. The van der Waals surface area contributed by atoms with Crippen LogP contribution in [-0.4, -0.2) is 59.2 Å². The van der Waals surface area contributed by atoms with Crippen LogP contribution in [0.4, 0.5) is 4.39 Å². The molecule has 1 aromatic carbocycles. The molecule has 5 nitrogen and oxygen atoms in total. The van der Waals surface area contributed by atoms with Crippen LogP contribution in [0.2, 0.25) is 0 Å². The normalized spacial score (nSPS) is 17.3. The largest absolute Gasteiger partial charge is 0.497 e. The second-order valence-corrected chi connectivity index (χ2v) is 11.1. The van der Waals surface area contributed by atoms with E-state index in [-0.39, 0.29) is 17.6 Å². The van der Waals surface area contributed by atoms with E-state index in [1.165, 1.54) is 10.4 Å². The van der Waals surface area contributed by atoms with E-state index in [4.69, 9.17) is 4.74 Å². The third kappa shape index (κ3) is 5.87. The molecular formula is C25H31FN2O3S2. The lowest BCUT2D eigenvalue weighted by Crippen LogP contribution is -2.43. The van der Waals surface area contributed by atoms with Crippen molar-refractivity contribution >= 4 is 34.0 Å². The summed E-state index contributed by atoms with van der Waals surface area (Å²) in [6, 6.07) is 9.49. The Morgan fingerprint density at radius 2 is 2.12 bits per heavy atom. The van der Waals surface area contributed by atoms with Gasteiger partial charge in [-0.2, -0.15) is 0 Å². The number of benzene rings is 1. The molecule has 0 radical (unpaired) electrons. The van der Waals surface area contributed by atoms with Crippen LogP contribution < -0.4 is 4.74 Å². The number of hydrogen-bond donors (Lipinski definition) is 2. The summed E-state index contributed by atoms with van der Waals surface area (Å²) in [6.45, 7) is 2.99. The number of methoxy groups -OCH3 is 1. The summed E-state index contributed by atoms with van der Waals surface area (Å²) in [6.07, 6.45) is 3.01. The first-order valence-corrected chi connectivity index (χ1v) is 13.2. The first-order valence-electron chi connectivity index (χ1n) is 11.3. The topological polar surface area (TPSA) is 65.8 Å². The first-order chi connectivity index (χ1) is 16.0. The average molecular weight is 491 g/mol. The Hall–Kier alpha value is -1.71. The molecular weight excluding hydrogens is 459 g/mol. The molecule has 4 rings (SSSR count). The number of pyridine rings is 1. The summed E-state index contributed by atoms with van der Waals surface area (Å²) in [5.74, 6) is 1.14. The Bertz CT molecular complexity index is 1040. The summed E-state index contributed by atoms with van der Waals surface area (Å²) in [7, 11) is 1.56. The van der Waals surface area contributed by atoms with Crippen molar-refractivity contribution in [1.29, 1.82) is 0 Å². The molecule has 3 aromatic rings. The number of aliphatic hydroxyl groups excluding tert-OH is 2. The number of piperidine rings is 1. The number of fused-ring (bicyclic) bond motifs is 1. The Kier molecular flexibility index (Phi) is 8.24. The highest BCUT2D eigenvalue weighted by atomic mass is 32.2. The van der Waals surface area contributed by atoms with Gasteiger partial charge in [0.2, 0.25) is 0 Å². The number of halogens is 1. The Morgan fingerprint density at radius 1 is 1.30 bits per heavy atom. The molecule has 33 heavy (non-hydrogen) atoms. The molecule has 0 spiro atoms. The minimum atomic E-state index is -0.966. The lowest BCUT2D eigenvalue weighted by molar-refractivity contribution is 0.0251. The van der Waals surface area contributed by atoms with Gasteiger partial charge in [0.15, 0.2) is 0 Å². The molecule has 2 N–H and O–H groups in total. The second-order valence-electron chi connectivity index (χ2n) is 8.74. The maximum atomic E-state index is 14.7. The molecule has 1 aliphatic heterocycles.